The molecular formula is C12H16BrNOS. The molecule has 2 nitrogen and oxygen atoms in total. The Morgan fingerprint density at radius 2 is 2.19 bits per heavy atom. The average Bonchev–Trinajstić information content (AvgIpc) is 2.26. The molecule has 1 rings (SSSR count). The summed E-state index contributed by atoms with van der Waals surface area (Å²) in [6.07, 6.45) is 0. The number of rotatable bonds is 4. The van der Waals surface area contributed by atoms with Crippen molar-refractivity contribution < 1.29 is 4.79 Å². The van der Waals surface area contributed by atoms with Gasteiger partial charge in [-0.2, -0.15) is 0 Å². The molecule has 0 saturated carbocycles. The summed E-state index contributed by atoms with van der Waals surface area (Å²) < 4.78 is 1.08. The number of nitrogens with zero attached hydrogens (tertiary/aromatic N) is 1. The number of amides is 1. The van der Waals surface area contributed by atoms with E-state index in [1.165, 1.54) is 10.5 Å². The van der Waals surface area contributed by atoms with Crippen LogP contribution in [0.15, 0.2) is 27.6 Å². The number of thioether (sulfide) groups is 1. The summed E-state index contributed by atoms with van der Waals surface area (Å²) in [6.45, 7) is 4.80. The first kappa shape index (κ1) is 13.6. The summed E-state index contributed by atoms with van der Waals surface area (Å²) in [5.41, 5.74) is 1.20. The minimum Gasteiger partial charge on any atom is -0.345 e. The number of carbonyl (C=O) groups excluding carboxylic acids is 1. The first-order valence-electron chi connectivity index (χ1n) is 5.17. The third kappa shape index (κ3) is 3.83. The van der Waals surface area contributed by atoms with Crippen molar-refractivity contribution in [2.45, 2.75) is 18.7 Å². The van der Waals surface area contributed by atoms with Gasteiger partial charge in [-0.25, -0.2) is 0 Å². The van der Waals surface area contributed by atoms with Crippen molar-refractivity contribution in [1.29, 1.82) is 0 Å². The van der Waals surface area contributed by atoms with Crippen molar-refractivity contribution in [3.8, 4) is 0 Å². The smallest absolute Gasteiger partial charge is 0.232 e. The second kappa shape index (κ2) is 6.30. The van der Waals surface area contributed by atoms with Gasteiger partial charge in [0.1, 0.15) is 0 Å². The highest BCUT2D eigenvalue weighted by molar-refractivity contribution is 9.10. The highest BCUT2D eigenvalue weighted by Gasteiger charge is 2.08. The van der Waals surface area contributed by atoms with Gasteiger partial charge < -0.3 is 4.90 Å². The third-order valence-electron chi connectivity index (χ3n) is 2.39. The molecule has 0 aromatic heterocycles. The van der Waals surface area contributed by atoms with Crippen molar-refractivity contribution in [3.05, 3.63) is 28.2 Å². The maximum absolute atomic E-state index is 11.6. The first-order valence-corrected chi connectivity index (χ1v) is 6.95. The predicted molar refractivity (Wildman–Crippen MR) is 72.9 cm³/mol. The number of aryl methyl sites for hydroxylation is 1. The molecule has 0 saturated heterocycles. The SMILES string of the molecule is CCN(C)C(=O)CSc1ccc(Br)cc1C. The molecule has 88 valence electrons. The van der Waals surface area contributed by atoms with E-state index in [9.17, 15) is 4.79 Å². The van der Waals surface area contributed by atoms with Crippen molar-refractivity contribution in [2.24, 2.45) is 0 Å². The second-order valence-electron chi connectivity index (χ2n) is 3.61. The van der Waals surface area contributed by atoms with E-state index < -0.39 is 0 Å². The maximum atomic E-state index is 11.6. The molecule has 4 heteroatoms. The average molecular weight is 302 g/mol. The molecule has 0 aliphatic carbocycles. The summed E-state index contributed by atoms with van der Waals surface area (Å²) in [5.74, 6) is 0.683. The van der Waals surface area contributed by atoms with E-state index >= 15 is 0 Å². The summed E-state index contributed by atoms with van der Waals surface area (Å²) in [6, 6.07) is 6.11. The van der Waals surface area contributed by atoms with Crippen LogP contribution in [0.2, 0.25) is 0 Å². The van der Waals surface area contributed by atoms with E-state index in [4.69, 9.17) is 0 Å². The molecule has 0 atom stereocenters. The lowest BCUT2D eigenvalue weighted by Gasteiger charge is -2.14. The zero-order valence-electron chi connectivity index (χ0n) is 9.79. The molecule has 0 spiro atoms. The van der Waals surface area contributed by atoms with Crippen LogP contribution < -0.4 is 0 Å². The van der Waals surface area contributed by atoms with Gasteiger partial charge >= 0.3 is 0 Å². The molecule has 1 aromatic rings. The minimum absolute atomic E-state index is 0.176. The summed E-state index contributed by atoms with van der Waals surface area (Å²) in [5, 5.41) is 0. The van der Waals surface area contributed by atoms with E-state index in [2.05, 4.69) is 28.9 Å². The molecule has 0 aliphatic heterocycles. The Hall–Kier alpha value is -0.480. The second-order valence-corrected chi connectivity index (χ2v) is 5.54. The molecule has 0 heterocycles. The van der Waals surface area contributed by atoms with E-state index in [1.54, 1.807) is 16.7 Å². The molecule has 16 heavy (non-hydrogen) atoms. The molecule has 0 bridgehead atoms. The monoisotopic (exact) mass is 301 g/mol. The standard InChI is InChI=1S/C12H16BrNOS/c1-4-14(3)12(15)8-16-11-6-5-10(13)7-9(11)2/h5-7H,4,8H2,1-3H3. The van der Waals surface area contributed by atoms with Crippen LogP contribution in [0.5, 0.6) is 0 Å². The Balaban J connectivity index is 2.58. The van der Waals surface area contributed by atoms with E-state index in [0.717, 1.165) is 11.0 Å². The van der Waals surface area contributed by atoms with Crippen LogP contribution in [0.4, 0.5) is 0 Å². The Kier molecular flexibility index (Phi) is 5.35. The molecule has 0 aliphatic rings. The zero-order chi connectivity index (χ0) is 12.1. The van der Waals surface area contributed by atoms with Gasteiger partial charge in [0.15, 0.2) is 0 Å². The number of carbonyl (C=O) groups is 1. The minimum atomic E-state index is 0.176. The van der Waals surface area contributed by atoms with Crippen LogP contribution in [0.1, 0.15) is 12.5 Å². The van der Waals surface area contributed by atoms with Crippen molar-refractivity contribution in [1.82, 2.24) is 4.90 Å². The number of benzene rings is 1. The van der Waals surface area contributed by atoms with Gasteiger partial charge in [-0.05, 0) is 37.6 Å². The first-order chi connectivity index (χ1) is 7.54. The fourth-order valence-electron chi connectivity index (χ4n) is 1.20. The Labute approximate surface area is 110 Å². The Morgan fingerprint density at radius 1 is 1.50 bits per heavy atom. The lowest BCUT2D eigenvalue weighted by atomic mass is 10.2. The maximum Gasteiger partial charge on any atom is 0.232 e. The highest BCUT2D eigenvalue weighted by Crippen LogP contribution is 2.25. The fraction of sp³-hybridized carbons (Fsp3) is 0.417. The van der Waals surface area contributed by atoms with Gasteiger partial charge in [-0.15, -0.1) is 11.8 Å². The molecule has 0 fully saturated rings. The topological polar surface area (TPSA) is 20.3 Å². The van der Waals surface area contributed by atoms with Gasteiger partial charge in [-0.1, -0.05) is 15.9 Å². The molecule has 0 unspecified atom stereocenters. The molecule has 0 radical (unpaired) electrons. The van der Waals surface area contributed by atoms with Crippen LogP contribution >= 0.6 is 27.7 Å². The molecular weight excluding hydrogens is 286 g/mol. The van der Waals surface area contributed by atoms with E-state index in [0.29, 0.717) is 5.75 Å². The van der Waals surface area contributed by atoms with Crippen molar-refractivity contribution in [2.75, 3.05) is 19.3 Å². The summed E-state index contributed by atoms with van der Waals surface area (Å²) >= 11 is 5.02. The highest BCUT2D eigenvalue weighted by atomic mass is 79.9. The summed E-state index contributed by atoms with van der Waals surface area (Å²) in [4.78, 5) is 14.5. The zero-order valence-corrected chi connectivity index (χ0v) is 12.2. The van der Waals surface area contributed by atoms with Crippen molar-refractivity contribution in [3.63, 3.8) is 0 Å². The van der Waals surface area contributed by atoms with Gasteiger partial charge in [0, 0.05) is 23.0 Å². The predicted octanol–water partition coefficient (Wildman–Crippen LogP) is 3.33. The number of halogens is 1. The van der Waals surface area contributed by atoms with Crippen LogP contribution in [0.25, 0.3) is 0 Å². The van der Waals surface area contributed by atoms with Crippen LogP contribution in [0, 0.1) is 6.92 Å². The number of hydrogen-bond acceptors (Lipinski definition) is 2. The van der Waals surface area contributed by atoms with Gasteiger partial charge in [0.25, 0.3) is 0 Å². The van der Waals surface area contributed by atoms with Gasteiger partial charge in [0.05, 0.1) is 5.75 Å². The van der Waals surface area contributed by atoms with Crippen LogP contribution in [-0.2, 0) is 4.79 Å². The third-order valence-corrected chi connectivity index (χ3v) is 4.04. The van der Waals surface area contributed by atoms with E-state index in [-0.39, 0.29) is 5.91 Å². The Morgan fingerprint density at radius 3 is 2.75 bits per heavy atom. The van der Waals surface area contributed by atoms with Gasteiger partial charge in [-0.3, -0.25) is 4.79 Å². The lowest BCUT2D eigenvalue weighted by molar-refractivity contribution is -0.126. The fourth-order valence-corrected chi connectivity index (χ4v) is 2.63. The van der Waals surface area contributed by atoms with Gasteiger partial charge in [0.2, 0.25) is 5.91 Å². The van der Waals surface area contributed by atoms with Crippen molar-refractivity contribution >= 4 is 33.6 Å². The van der Waals surface area contributed by atoms with Crippen LogP contribution in [0.3, 0.4) is 0 Å². The normalized spacial score (nSPS) is 10.2. The quantitative estimate of drug-likeness (QED) is 0.795. The largest absolute Gasteiger partial charge is 0.345 e. The molecule has 1 aromatic carbocycles. The summed E-state index contributed by atoms with van der Waals surface area (Å²) in [7, 11) is 1.83. The Bertz CT molecular complexity index is 381. The molecule has 0 N–H and O–H groups in total. The van der Waals surface area contributed by atoms with Crippen LogP contribution in [-0.4, -0.2) is 30.2 Å². The lowest BCUT2D eigenvalue weighted by Crippen LogP contribution is -2.27. The number of hydrogen-bond donors (Lipinski definition) is 0. The van der Waals surface area contributed by atoms with E-state index in [1.807, 2.05) is 26.1 Å². The molecule has 1 amide bonds.